The maximum Gasteiger partial charge on any atom is -0.0297 e. The van der Waals surface area contributed by atoms with Crippen molar-refractivity contribution < 1.29 is 0 Å². The molecule has 4 unspecified atom stereocenters. The summed E-state index contributed by atoms with van der Waals surface area (Å²) in [4.78, 5) is 0. The highest BCUT2D eigenvalue weighted by Gasteiger charge is 2.38. The van der Waals surface area contributed by atoms with Crippen LogP contribution < -0.4 is 0 Å². The third kappa shape index (κ3) is 2.98. The van der Waals surface area contributed by atoms with Gasteiger partial charge >= 0.3 is 0 Å². The number of hydrogen-bond acceptors (Lipinski definition) is 0. The van der Waals surface area contributed by atoms with Crippen molar-refractivity contribution in [1.29, 1.82) is 0 Å². The molecule has 1 rings (SSSR count). The van der Waals surface area contributed by atoms with E-state index in [2.05, 4.69) is 34.6 Å². The molecule has 1 aliphatic rings. The van der Waals surface area contributed by atoms with E-state index in [1.807, 2.05) is 0 Å². The SMILES string of the molecule is CCCC(C)C1(C)CCC(CC)C(C)C1. The van der Waals surface area contributed by atoms with Gasteiger partial charge in [0.25, 0.3) is 0 Å². The maximum atomic E-state index is 2.54. The van der Waals surface area contributed by atoms with Crippen LogP contribution in [0.25, 0.3) is 0 Å². The summed E-state index contributed by atoms with van der Waals surface area (Å²) >= 11 is 0. The lowest BCUT2D eigenvalue weighted by Crippen LogP contribution is -2.35. The largest absolute Gasteiger partial charge is 0.0654 e. The highest BCUT2D eigenvalue weighted by Crippen LogP contribution is 2.48. The predicted molar refractivity (Wildman–Crippen MR) is 69.0 cm³/mol. The average molecular weight is 210 g/mol. The van der Waals surface area contributed by atoms with Crippen molar-refractivity contribution in [1.82, 2.24) is 0 Å². The topological polar surface area (TPSA) is 0 Å². The van der Waals surface area contributed by atoms with Crippen LogP contribution in [0.5, 0.6) is 0 Å². The Hall–Kier alpha value is 0. The van der Waals surface area contributed by atoms with Gasteiger partial charge in [0.05, 0.1) is 0 Å². The van der Waals surface area contributed by atoms with E-state index in [0.717, 1.165) is 17.8 Å². The third-order valence-corrected chi connectivity index (χ3v) is 5.12. The Kier molecular flexibility index (Phi) is 4.67. The van der Waals surface area contributed by atoms with Crippen LogP contribution in [0.3, 0.4) is 0 Å². The molecule has 90 valence electrons. The zero-order valence-corrected chi connectivity index (χ0v) is 11.5. The van der Waals surface area contributed by atoms with Crippen molar-refractivity contribution in [2.45, 2.75) is 73.1 Å². The zero-order chi connectivity index (χ0) is 11.5. The first-order valence-electron chi connectivity index (χ1n) is 7.03. The summed E-state index contributed by atoms with van der Waals surface area (Å²) in [6, 6.07) is 0. The van der Waals surface area contributed by atoms with Crippen LogP contribution in [0.1, 0.15) is 73.1 Å². The second kappa shape index (κ2) is 5.37. The van der Waals surface area contributed by atoms with Crippen LogP contribution in [-0.2, 0) is 0 Å². The van der Waals surface area contributed by atoms with Crippen LogP contribution >= 0.6 is 0 Å². The van der Waals surface area contributed by atoms with Gasteiger partial charge in [-0.15, -0.1) is 0 Å². The summed E-state index contributed by atoms with van der Waals surface area (Å²) in [7, 11) is 0. The summed E-state index contributed by atoms with van der Waals surface area (Å²) in [6.45, 7) is 12.2. The fourth-order valence-corrected chi connectivity index (χ4v) is 3.64. The Morgan fingerprint density at radius 1 is 1.33 bits per heavy atom. The van der Waals surface area contributed by atoms with Crippen LogP contribution in [0.4, 0.5) is 0 Å². The van der Waals surface area contributed by atoms with Crippen molar-refractivity contribution in [3.05, 3.63) is 0 Å². The molecule has 0 aromatic carbocycles. The minimum absolute atomic E-state index is 0.640. The van der Waals surface area contributed by atoms with Gasteiger partial charge in [-0.1, -0.05) is 53.9 Å². The first-order valence-corrected chi connectivity index (χ1v) is 7.03. The Morgan fingerprint density at radius 3 is 2.47 bits per heavy atom. The summed E-state index contributed by atoms with van der Waals surface area (Å²) in [5.74, 6) is 2.88. The Labute approximate surface area is 96.8 Å². The van der Waals surface area contributed by atoms with Crippen molar-refractivity contribution >= 4 is 0 Å². The molecule has 15 heavy (non-hydrogen) atoms. The molecule has 1 fully saturated rings. The van der Waals surface area contributed by atoms with E-state index in [0.29, 0.717) is 5.41 Å². The second-order valence-corrected chi connectivity index (χ2v) is 6.23. The van der Waals surface area contributed by atoms with Crippen LogP contribution in [-0.4, -0.2) is 0 Å². The lowest BCUT2D eigenvalue weighted by molar-refractivity contribution is 0.0555. The lowest BCUT2D eigenvalue weighted by atomic mass is 9.60. The monoisotopic (exact) mass is 210 g/mol. The molecule has 0 heterocycles. The van der Waals surface area contributed by atoms with E-state index in [1.165, 1.54) is 38.5 Å². The summed E-state index contributed by atoms with van der Waals surface area (Å²) in [5.41, 5.74) is 0.640. The van der Waals surface area contributed by atoms with Crippen LogP contribution in [0.15, 0.2) is 0 Å². The molecule has 1 aliphatic carbocycles. The van der Waals surface area contributed by atoms with Crippen molar-refractivity contribution in [3.8, 4) is 0 Å². The quantitative estimate of drug-likeness (QED) is 0.592. The minimum atomic E-state index is 0.640. The first-order chi connectivity index (χ1) is 7.03. The van der Waals surface area contributed by atoms with Gasteiger partial charge in [0.2, 0.25) is 0 Å². The van der Waals surface area contributed by atoms with Gasteiger partial charge < -0.3 is 0 Å². The molecule has 0 nitrogen and oxygen atoms in total. The van der Waals surface area contributed by atoms with Crippen LogP contribution in [0.2, 0.25) is 0 Å². The maximum absolute atomic E-state index is 2.54. The first kappa shape index (κ1) is 13.1. The normalized spacial score (nSPS) is 39.0. The molecule has 0 aromatic heterocycles. The lowest BCUT2D eigenvalue weighted by Gasteiger charge is -2.45. The molecule has 0 bridgehead atoms. The van der Waals surface area contributed by atoms with Gasteiger partial charge in [-0.25, -0.2) is 0 Å². The van der Waals surface area contributed by atoms with E-state index in [4.69, 9.17) is 0 Å². The molecular weight excluding hydrogens is 180 g/mol. The van der Waals surface area contributed by atoms with E-state index < -0.39 is 0 Å². The average Bonchev–Trinajstić information content (AvgIpc) is 2.18. The third-order valence-electron chi connectivity index (χ3n) is 5.12. The van der Waals surface area contributed by atoms with Crippen molar-refractivity contribution in [3.63, 3.8) is 0 Å². The number of hydrogen-bond donors (Lipinski definition) is 0. The highest BCUT2D eigenvalue weighted by molar-refractivity contribution is 4.88. The molecular formula is C15H30. The summed E-state index contributed by atoms with van der Waals surface area (Å²) in [5, 5.41) is 0. The van der Waals surface area contributed by atoms with Crippen molar-refractivity contribution in [2.24, 2.45) is 23.2 Å². The van der Waals surface area contributed by atoms with Gasteiger partial charge in [0, 0.05) is 0 Å². The second-order valence-electron chi connectivity index (χ2n) is 6.23. The summed E-state index contributed by atoms with van der Waals surface area (Å²) in [6.07, 6.45) is 8.56. The molecule has 0 amide bonds. The van der Waals surface area contributed by atoms with E-state index in [9.17, 15) is 0 Å². The minimum Gasteiger partial charge on any atom is -0.0654 e. The Morgan fingerprint density at radius 2 is 2.00 bits per heavy atom. The predicted octanol–water partition coefficient (Wildman–Crippen LogP) is 5.28. The van der Waals surface area contributed by atoms with Crippen LogP contribution in [0, 0.1) is 23.2 Å². The van der Waals surface area contributed by atoms with E-state index in [-0.39, 0.29) is 0 Å². The highest BCUT2D eigenvalue weighted by atomic mass is 14.4. The van der Waals surface area contributed by atoms with Gasteiger partial charge in [-0.05, 0) is 42.4 Å². The fourth-order valence-electron chi connectivity index (χ4n) is 3.64. The smallest absolute Gasteiger partial charge is 0.0297 e. The molecule has 0 heteroatoms. The van der Waals surface area contributed by atoms with E-state index >= 15 is 0 Å². The molecule has 0 spiro atoms. The zero-order valence-electron chi connectivity index (χ0n) is 11.5. The molecule has 1 saturated carbocycles. The van der Waals surface area contributed by atoms with Crippen molar-refractivity contribution in [2.75, 3.05) is 0 Å². The Balaban J connectivity index is 2.57. The summed E-state index contributed by atoms with van der Waals surface area (Å²) < 4.78 is 0. The van der Waals surface area contributed by atoms with Gasteiger partial charge in [-0.2, -0.15) is 0 Å². The van der Waals surface area contributed by atoms with E-state index in [1.54, 1.807) is 0 Å². The molecule has 4 atom stereocenters. The molecule has 0 saturated heterocycles. The molecule has 0 aliphatic heterocycles. The number of rotatable bonds is 4. The molecule has 0 aromatic rings. The van der Waals surface area contributed by atoms with Gasteiger partial charge in [-0.3, -0.25) is 0 Å². The standard InChI is InChI=1S/C15H30/c1-6-8-13(4)15(5)10-9-14(7-2)12(3)11-15/h12-14H,6-11H2,1-5H3. The molecule has 0 N–H and O–H groups in total. The van der Waals surface area contributed by atoms with Gasteiger partial charge in [0.1, 0.15) is 0 Å². The molecule has 0 radical (unpaired) electrons. The fraction of sp³-hybridized carbons (Fsp3) is 1.00. The Bertz CT molecular complexity index is 184. The van der Waals surface area contributed by atoms with Gasteiger partial charge in [0.15, 0.2) is 0 Å².